The summed E-state index contributed by atoms with van der Waals surface area (Å²) in [5, 5.41) is 2.52. The molecular weight excluding hydrogens is 641 g/mol. The lowest BCUT2D eigenvalue weighted by Crippen LogP contribution is -2.29. The Morgan fingerprint density at radius 2 is 0.849 bits per heavy atom. The average Bonchev–Trinajstić information content (AvgIpc) is 3.49. The van der Waals surface area contributed by atoms with E-state index in [0.717, 1.165) is 28.1 Å². The van der Waals surface area contributed by atoms with Gasteiger partial charge in [0.2, 0.25) is 0 Å². The van der Waals surface area contributed by atoms with E-state index < -0.39 is 5.41 Å². The normalized spacial score (nSPS) is 14.9. The zero-order valence-corrected chi connectivity index (χ0v) is 28.9. The first-order valence-electron chi connectivity index (χ1n) is 18.3. The minimum Gasteiger partial charge on any atom is -0.228 e. The third-order valence-corrected chi connectivity index (χ3v) is 11.3. The monoisotopic (exact) mass is 672 g/mol. The molecule has 2 aliphatic carbocycles. The average molecular weight is 673 g/mol. The molecule has 0 bridgehead atoms. The lowest BCUT2D eigenvalue weighted by Gasteiger charge is -2.35. The van der Waals surface area contributed by atoms with E-state index in [1.165, 1.54) is 66.4 Å². The van der Waals surface area contributed by atoms with Gasteiger partial charge in [0, 0.05) is 16.7 Å². The summed E-state index contributed by atoms with van der Waals surface area (Å²) >= 11 is 0. The molecule has 11 rings (SSSR count). The lowest BCUT2D eigenvalue weighted by molar-refractivity contribution is 0.776. The van der Waals surface area contributed by atoms with Gasteiger partial charge in [0.1, 0.15) is 0 Å². The van der Waals surface area contributed by atoms with E-state index in [1.54, 1.807) is 0 Å². The first kappa shape index (κ1) is 29.8. The number of fused-ring (bicyclic) bond motifs is 14. The van der Waals surface area contributed by atoms with Crippen LogP contribution in [0.1, 0.15) is 22.3 Å². The molecule has 0 N–H and O–H groups in total. The fourth-order valence-corrected chi connectivity index (χ4v) is 9.09. The van der Waals surface area contributed by atoms with E-state index in [0.29, 0.717) is 5.82 Å². The highest BCUT2D eigenvalue weighted by molar-refractivity contribution is 6.06. The van der Waals surface area contributed by atoms with Crippen molar-refractivity contribution in [2.45, 2.75) is 5.41 Å². The van der Waals surface area contributed by atoms with Crippen LogP contribution in [-0.2, 0) is 5.41 Å². The number of hydrogen-bond acceptors (Lipinski definition) is 2. The molecule has 0 fully saturated rings. The SMILES string of the molecule is c1ccc(-c2cc(-c3ccccc3)nc(-c3ccc4c(c3)C3(c5ccccc5-c5ccccc5-4)c4ccccc4-c4c3ccc3ccccc43)n2)cc1. The van der Waals surface area contributed by atoms with Crippen LogP contribution in [0.2, 0.25) is 0 Å². The predicted molar refractivity (Wildman–Crippen MR) is 218 cm³/mol. The fraction of sp³-hybridized carbons (Fsp3) is 0.0196. The summed E-state index contributed by atoms with van der Waals surface area (Å²) in [6.45, 7) is 0. The Labute approximate surface area is 308 Å². The fourth-order valence-electron chi connectivity index (χ4n) is 9.09. The number of rotatable bonds is 3. The van der Waals surface area contributed by atoms with Crippen LogP contribution in [0.4, 0.5) is 0 Å². The van der Waals surface area contributed by atoms with Crippen molar-refractivity contribution in [3.63, 3.8) is 0 Å². The Hall–Kier alpha value is -6.90. The van der Waals surface area contributed by atoms with E-state index >= 15 is 0 Å². The summed E-state index contributed by atoms with van der Waals surface area (Å²) < 4.78 is 0. The highest BCUT2D eigenvalue weighted by Crippen LogP contribution is 2.62. The molecule has 1 aromatic heterocycles. The van der Waals surface area contributed by atoms with E-state index in [1.807, 2.05) is 12.1 Å². The van der Waals surface area contributed by atoms with Crippen LogP contribution in [-0.4, -0.2) is 9.97 Å². The second kappa shape index (κ2) is 11.6. The summed E-state index contributed by atoms with van der Waals surface area (Å²) in [4.78, 5) is 10.6. The Balaban J connectivity index is 1.27. The molecule has 53 heavy (non-hydrogen) atoms. The molecule has 1 unspecified atom stereocenters. The van der Waals surface area contributed by atoms with E-state index in [9.17, 15) is 0 Å². The van der Waals surface area contributed by atoms with Crippen LogP contribution in [0.25, 0.3) is 78.1 Å². The molecule has 0 saturated heterocycles. The molecule has 246 valence electrons. The Morgan fingerprint density at radius 1 is 0.321 bits per heavy atom. The van der Waals surface area contributed by atoms with Gasteiger partial charge in [0.05, 0.1) is 16.8 Å². The van der Waals surface area contributed by atoms with Crippen LogP contribution in [0.3, 0.4) is 0 Å². The summed E-state index contributed by atoms with van der Waals surface area (Å²) in [5.41, 5.74) is 17.0. The number of benzene rings is 8. The van der Waals surface area contributed by atoms with Crippen molar-refractivity contribution in [2.75, 3.05) is 0 Å². The highest BCUT2D eigenvalue weighted by atomic mass is 14.9. The Kier molecular flexibility index (Phi) is 6.50. The van der Waals surface area contributed by atoms with Gasteiger partial charge in [-0.1, -0.05) is 182 Å². The number of hydrogen-bond donors (Lipinski definition) is 0. The summed E-state index contributed by atoms with van der Waals surface area (Å²) in [5.74, 6) is 0.707. The molecule has 2 nitrogen and oxygen atoms in total. The maximum absolute atomic E-state index is 5.29. The number of aromatic nitrogens is 2. The molecule has 2 aliphatic rings. The van der Waals surface area contributed by atoms with Gasteiger partial charge in [0.25, 0.3) is 0 Å². The largest absolute Gasteiger partial charge is 0.228 e. The second-order valence-electron chi connectivity index (χ2n) is 14.1. The maximum atomic E-state index is 5.29. The van der Waals surface area contributed by atoms with Gasteiger partial charge in [-0.3, -0.25) is 0 Å². The zero-order chi connectivity index (χ0) is 34.9. The molecular formula is C51H32N2. The van der Waals surface area contributed by atoms with Gasteiger partial charge in [-0.05, 0) is 78.5 Å². The van der Waals surface area contributed by atoms with Crippen LogP contribution in [0.15, 0.2) is 194 Å². The molecule has 2 heteroatoms. The molecule has 0 saturated carbocycles. The molecule has 0 amide bonds. The van der Waals surface area contributed by atoms with Crippen LogP contribution >= 0.6 is 0 Å². The van der Waals surface area contributed by atoms with Crippen molar-refractivity contribution in [1.29, 1.82) is 0 Å². The zero-order valence-electron chi connectivity index (χ0n) is 28.9. The molecule has 0 radical (unpaired) electrons. The van der Waals surface area contributed by atoms with Crippen LogP contribution in [0, 0.1) is 0 Å². The third kappa shape index (κ3) is 4.33. The summed E-state index contributed by atoms with van der Waals surface area (Å²) in [6, 6.07) is 70.4. The van der Waals surface area contributed by atoms with Crippen molar-refractivity contribution < 1.29 is 0 Å². The Morgan fingerprint density at radius 3 is 1.53 bits per heavy atom. The van der Waals surface area contributed by atoms with Crippen LogP contribution in [0.5, 0.6) is 0 Å². The first-order valence-corrected chi connectivity index (χ1v) is 18.3. The van der Waals surface area contributed by atoms with Crippen molar-refractivity contribution in [3.05, 3.63) is 216 Å². The maximum Gasteiger partial charge on any atom is 0.160 e. The van der Waals surface area contributed by atoms with Gasteiger partial charge in [-0.2, -0.15) is 0 Å². The standard InChI is InChI=1S/C51H32N2/c1-3-16-34(17-4-1)47-32-48(35-18-5-2-6-19-35)53-50(52-47)36-27-29-41-39-22-10-9-21-38(39)40-23-11-13-25-43(40)51(46(41)31-36)44-26-14-12-24-42(44)49-37-20-8-7-15-33(37)28-30-45(49)51/h1-32H. The van der Waals surface area contributed by atoms with Crippen molar-refractivity contribution >= 4 is 10.8 Å². The van der Waals surface area contributed by atoms with Crippen molar-refractivity contribution in [1.82, 2.24) is 9.97 Å². The second-order valence-corrected chi connectivity index (χ2v) is 14.1. The third-order valence-electron chi connectivity index (χ3n) is 11.3. The van der Waals surface area contributed by atoms with E-state index in [2.05, 4.69) is 182 Å². The van der Waals surface area contributed by atoms with Crippen molar-refractivity contribution in [2.24, 2.45) is 0 Å². The summed E-state index contributed by atoms with van der Waals surface area (Å²) in [6.07, 6.45) is 0. The summed E-state index contributed by atoms with van der Waals surface area (Å²) in [7, 11) is 0. The molecule has 0 aliphatic heterocycles. The topological polar surface area (TPSA) is 25.8 Å². The van der Waals surface area contributed by atoms with E-state index in [4.69, 9.17) is 9.97 Å². The molecule has 1 spiro atoms. The molecule has 8 aromatic carbocycles. The molecule has 1 heterocycles. The molecule has 1 atom stereocenters. The van der Waals surface area contributed by atoms with Gasteiger partial charge in [0.15, 0.2) is 5.82 Å². The lowest BCUT2D eigenvalue weighted by atomic mass is 9.65. The van der Waals surface area contributed by atoms with Gasteiger partial charge < -0.3 is 0 Å². The minimum atomic E-state index is -0.601. The quantitative estimate of drug-likeness (QED) is 0.187. The smallest absolute Gasteiger partial charge is 0.160 e. The van der Waals surface area contributed by atoms with Gasteiger partial charge in [-0.15, -0.1) is 0 Å². The first-order chi connectivity index (χ1) is 26.3. The van der Waals surface area contributed by atoms with Gasteiger partial charge in [-0.25, -0.2) is 9.97 Å². The predicted octanol–water partition coefficient (Wildman–Crippen LogP) is 12.6. The van der Waals surface area contributed by atoms with Crippen molar-refractivity contribution in [3.8, 4) is 67.3 Å². The molecule has 9 aromatic rings. The minimum absolute atomic E-state index is 0.601. The van der Waals surface area contributed by atoms with Gasteiger partial charge >= 0.3 is 0 Å². The number of nitrogens with zero attached hydrogens (tertiary/aromatic N) is 2. The van der Waals surface area contributed by atoms with E-state index in [-0.39, 0.29) is 0 Å². The highest BCUT2D eigenvalue weighted by Gasteiger charge is 2.50. The Bertz CT molecular complexity index is 2830. The van der Waals surface area contributed by atoms with Crippen LogP contribution < -0.4 is 0 Å².